The number of benzene rings is 1. The van der Waals surface area contributed by atoms with Crippen molar-refractivity contribution in [2.45, 2.75) is 13.8 Å². The van der Waals surface area contributed by atoms with Crippen molar-refractivity contribution in [1.82, 2.24) is 0 Å². The third kappa shape index (κ3) is 2.15. The first-order chi connectivity index (χ1) is 5.63. The van der Waals surface area contributed by atoms with Gasteiger partial charge in [-0.3, -0.25) is 0 Å². The van der Waals surface area contributed by atoms with Crippen LogP contribution in [0.15, 0.2) is 24.8 Å². The monoisotopic (exact) mass is 178 g/mol. The molecule has 0 N–H and O–H groups in total. The van der Waals surface area contributed by atoms with Gasteiger partial charge in [0.25, 0.3) is 0 Å². The number of thiol groups is 1. The van der Waals surface area contributed by atoms with Crippen LogP contribution in [-0.2, 0) is 0 Å². The molecule has 0 bridgehead atoms. The highest BCUT2D eigenvalue weighted by atomic mass is 32.1. The Morgan fingerprint density at radius 2 is 1.75 bits per heavy atom. The van der Waals surface area contributed by atoms with Gasteiger partial charge in [0.05, 0.1) is 0 Å². The molecule has 0 aromatic heterocycles. The van der Waals surface area contributed by atoms with Crippen molar-refractivity contribution < 1.29 is 0 Å². The fourth-order valence-electron chi connectivity index (χ4n) is 1.27. The van der Waals surface area contributed by atoms with Gasteiger partial charge in [0.1, 0.15) is 0 Å². The molecule has 0 nitrogen and oxygen atoms in total. The van der Waals surface area contributed by atoms with Crippen LogP contribution in [0.4, 0.5) is 0 Å². The second-order valence-corrected chi connectivity index (χ2v) is 3.45. The van der Waals surface area contributed by atoms with Crippen LogP contribution in [0.5, 0.6) is 0 Å². The normalized spacial score (nSPS) is 9.92. The average Bonchev–Trinajstić information content (AvgIpc) is 2.01. The van der Waals surface area contributed by atoms with Crippen molar-refractivity contribution in [2.24, 2.45) is 0 Å². The van der Waals surface area contributed by atoms with Gasteiger partial charge in [-0.25, -0.2) is 0 Å². The molecule has 0 aliphatic carbocycles. The summed E-state index contributed by atoms with van der Waals surface area (Å²) in [5.74, 6) is 0.725. The Bertz CT molecular complexity index is 280. The van der Waals surface area contributed by atoms with E-state index < -0.39 is 0 Å². The van der Waals surface area contributed by atoms with Crippen LogP contribution in [0.1, 0.15) is 16.7 Å². The minimum absolute atomic E-state index is 0.725. The summed E-state index contributed by atoms with van der Waals surface area (Å²) in [6.07, 6.45) is 0. The molecule has 0 saturated carbocycles. The van der Waals surface area contributed by atoms with Crippen molar-refractivity contribution in [3.05, 3.63) is 41.5 Å². The van der Waals surface area contributed by atoms with Crippen LogP contribution in [0.2, 0.25) is 0 Å². The van der Waals surface area contributed by atoms with E-state index in [9.17, 15) is 0 Å². The first-order valence-electron chi connectivity index (χ1n) is 4.01. The lowest BCUT2D eigenvalue weighted by Crippen LogP contribution is -1.87. The summed E-state index contributed by atoms with van der Waals surface area (Å²) >= 11 is 4.20. The van der Waals surface area contributed by atoms with E-state index in [2.05, 4.69) is 51.3 Å². The third-order valence-electron chi connectivity index (χ3n) is 1.82. The predicted octanol–water partition coefficient (Wildman–Crippen LogP) is 3.25. The second-order valence-electron chi connectivity index (χ2n) is 3.14. The lowest BCUT2D eigenvalue weighted by molar-refractivity contribution is 1.36. The standard InChI is InChI=1S/C11H14S/c1-8-4-9(2)6-11(5-8)10(3)7-12/h4-6,12H,3,7H2,1-2H3. The van der Waals surface area contributed by atoms with E-state index in [0.717, 1.165) is 11.3 Å². The molecule has 0 spiro atoms. The minimum Gasteiger partial charge on any atom is -0.175 e. The number of hydrogen-bond acceptors (Lipinski definition) is 1. The van der Waals surface area contributed by atoms with E-state index in [1.54, 1.807) is 0 Å². The highest BCUT2D eigenvalue weighted by Crippen LogP contribution is 2.17. The zero-order chi connectivity index (χ0) is 9.14. The molecule has 1 heteroatoms. The smallest absolute Gasteiger partial charge is 0.0154 e. The lowest BCUT2D eigenvalue weighted by Gasteiger charge is -2.05. The highest BCUT2D eigenvalue weighted by molar-refractivity contribution is 7.80. The molecule has 0 fully saturated rings. The fraction of sp³-hybridized carbons (Fsp3) is 0.273. The van der Waals surface area contributed by atoms with Crippen LogP contribution >= 0.6 is 12.6 Å². The molecule has 0 saturated heterocycles. The second kappa shape index (κ2) is 3.81. The molecule has 64 valence electrons. The van der Waals surface area contributed by atoms with Gasteiger partial charge < -0.3 is 0 Å². The average molecular weight is 178 g/mol. The van der Waals surface area contributed by atoms with Crippen molar-refractivity contribution in [2.75, 3.05) is 5.75 Å². The van der Waals surface area contributed by atoms with Gasteiger partial charge in [0, 0.05) is 5.75 Å². The molecule has 0 amide bonds. The van der Waals surface area contributed by atoms with Gasteiger partial charge in [0.15, 0.2) is 0 Å². The van der Waals surface area contributed by atoms with Gasteiger partial charge in [0.2, 0.25) is 0 Å². The van der Waals surface area contributed by atoms with Crippen LogP contribution in [0.3, 0.4) is 0 Å². The molecule has 0 unspecified atom stereocenters. The van der Waals surface area contributed by atoms with Crippen molar-refractivity contribution in [3.8, 4) is 0 Å². The number of hydrogen-bond donors (Lipinski definition) is 1. The van der Waals surface area contributed by atoms with E-state index in [-0.39, 0.29) is 0 Å². The van der Waals surface area contributed by atoms with Gasteiger partial charge in [-0.15, -0.1) is 0 Å². The molecule has 1 aromatic rings. The van der Waals surface area contributed by atoms with E-state index in [1.165, 1.54) is 16.7 Å². The largest absolute Gasteiger partial charge is 0.175 e. The predicted molar refractivity (Wildman–Crippen MR) is 58.8 cm³/mol. The Hall–Kier alpha value is -0.690. The van der Waals surface area contributed by atoms with Gasteiger partial charge in [-0.05, 0) is 25.0 Å². The molecule has 0 aliphatic heterocycles. The summed E-state index contributed by atoms with van der Waals surface area (Å²) < 4.78 is 0. The summed E-state index contributed by atoms with van der Waals surface area (Å²) in [7, 11) is 0. The summed E-state index contributed by atoms with van der Waals surface area (Å²) in [6.45, 7) is 8.15. The fourth-order valence-corrected chi connectivity index (χ4v) is 1.45. The summed E-state index contributed by atoms with van der Waals surface area (Å²) in [4.78, 5) is 0. The molecule has 1 aromatic carbocycles. The summed E-state index contributed by atoms with van der Waals surface area (Å²) in [6, 6.07) is 6.45. The molecule has 0 atom stereocenters. The molecule has 0 radical (unpaired) electrons. The van der Waals surface area contributed by atoms with E-state index >= 15 is 0 Å². The van der Waals surface area contributed by atoms with Gasteiger partial charge in [-0.1, -0.05) is 35.9 Å². The topological polar surface area (TPSA) is 0 Å². The van der Waals surface area contributed by atoms with Crippen LogP contribution in [0.25, 0.3) is 5.57 Å². The Labute approximate surface area is 79.7 Å². The quantitative estimate of drug-likeness (QED) is 0.660. The maximum absolute atomic E-state index is 4.20. The van der Waals surface area contributed by atoms with Crippen LogP contribution < -0.4 is 0 Å². The Balaban J connectivity index is 3.08. The first kappa shape index (κ1) is 9.40. The lowest BCUT2D eigenvalue weighted by atomic mass is 10.0. The third-order valence-corrected chi connectivity index (χ3v) is 2.20. The number of rotatable bonds is 2. The maximum Gasteiger partial charge on any atom is 0.0154 e. The van der Waals surface area contributed by atoms with E-state index in [1.807, 2.05) is 0 Å². The molecule has 12 heavy (non-hydrogen) atoms. The van der Waals surface area contributed by atoms with Crippen molar-refractivity contribution in [3.63, 3.8) is 0 Å². The Morgan fingerprint density at radius 1 is 1.25 bits per heavy atom. The molecular weight excluding hydrogens is 164 g/mol. The Kier molecular flexibility index (Phi) is 2.99. The SMILES string of the molecule is C=C(CS)c1cc(C)cc(C)c1. The van der Waals surface area contributed by atoms with Gasteiger partial charge in [-0.2, -0.15) is 12.6 Å². The summed E-state index contributed by atoms with van der Waals surface area (Å²) in [5.41, 5.74) is 4.87. The van der Waals surface area contributed by atoms with E-state index in [4.69, 9.17) is 0 Å². The van der Waals surface area contributed by atoms with Gasteiger partial charge >= 0.3 is 0 Å². The zero-order valence-corrected chi connectivity index (χ0v) is 8.49. The zero-order valence-electron chi connectivity index (χ0n) is 7.59. The molecular formula is C11H14S. The molecule has 0 heterocycles. The Morgan fingerprint density at radius 3 is 2.17 bits per heavy atom. The number of aryl methyl sites for hydroxylation is 2. The maximum atomic E-state index is 4.20. The highest BCUT2D eigenvalue weighted by Gasteiger charge is 1.97. The molecule has 1 rings (SSSR count). The first-order valence-corrected chi connectivity index (χ1v) is 4.64. The van der Waals surface area contributed by atoms with E-state index in [0.29, 0.717) is 0 Å². The summed E-state index contributed by atoms with van der Waals surface area (Å²) in [5, 5.41) is 0. The van der Waals surface area contributed by atoms with Crippen LogP contribution in [-0.4, -0.2) is 5.75 Å². The minimum atomic E-state index is 0.725. The van der Waals surface area contributed by atoms with Crippen LogP contribution in [0, 0.1) is 13.8 Å². The van der Waals surface area contributed by atoms with Crippen molar-refractivity contribution in [1.29, 1.82) is 0 Å². The van der Waals surface area contributed by atoms with Crippen molar-refractivity contribution >= 4 is 18.2 Å². The molecule has 0 aliphatic rings.